The van der Waals surface area contributed by atoms with Gasteiger partial charge in [0, 0.05) is 17.5 Å². The third-order valence-corrected chi connectivity index (χ3v) is 6.32. The molecular weight excluding hydrogens is 412 g/mol. The highest BCUT2D eigenvalue weighted by Crippen LogP contribution is 2.43. The number of rotatable bonds is 5. The number of hydrogen-bond acceptors (Lipinski definition) is 5. The lowest BCUT2D eigenvalue weighted by molar-refractivity contribution is -0.119. The topological polar surface area (TPSA) is 75.7 Å². The zero-order valence-electron chi connectivity index (χ0n) is 17.2. The van der Waals surface area contributed by atoms with Gasteiger partial charge in [-0.25, -0.2) is 4.79 Å². The van der Waals surface area contributed by atoms with Crippen molar-refractivity contribution in [3.05, 3.63) is 87.6 Å². The Labute approximate surface area is 184 Å². The summed E-state index contributed by atoms with van der Waals surface area (Å²) < 4.78 is 5.12. The molecule has 0 saturated heterocycles. The summed E-state index contributed by atoms with van der Waals surface area (Å²) in [7, 11) is 1.72. The van der Waals surface area contributed by atoms with Gasteiger partial charge in [0.15, 0.2) is 0 Å². The molecule has 2 amide bonds. The van der Waals surface area contributed by atoms with E-state index in [4.69, 9.17) is 4.74 Å². The maximum Gasteiger partial charge on any atom is 0.340 e. The van der Waals surface area contributed by atoms with Crippen molar-refractivity contribution < 1.29 is 19.1 Å². The van der Waals surface area contributed by atoms with Crippen molar-refractivity contribution in [2.75, 3.05) is 19.0 Å². The number of anilines is 1. The second-order valence-electron chi connectivity index (χ2n) is 7.20. The molecule has 7 heteroatoms. The van der Waals surface area contributed by atoms with Crippen LogP contribution in [0.3, 0.4) is 0 Å². The number of amides is 2. The Bertz CT molecular complexity index is 1130. The zero-order valence-corrected chi connectivity index (χ0v) is 18.0. The van der Waals surface area contributed by atoms with Gasteiger partial charge in [0.1, 0.15) is 0 Å². The summed E-state index contributed by atoms with van der Waals surface area (Å²) in [5, 5.41) is 4.84. The highest BCUT2D eigenvalue weighted by atomic mass is 32.1. The first-order valence-electron chi connectivity index (χ1n) is 9.99. The Balaban J connectivity index is 1.76. The molecule has 0 aliphatic carbocycles. The minimum Gasteiger partial charge on any atom is -0.462 e. The van der Waals surface area contributed by atoms with E-state index in [0.717, 1.165) is 4.88 Å². The molecule has 0 spiro atoms. The van der Waals surface area contributed by atoms with Crippen molar-refractivity contribution in [2.45, 2.75) is 18.9 Å². The summed E-state index contributed by atoms with van der Waals surface area (Å²) in [5.74, 6) is -1.54. The van der Waals surface area contributed by atoms with E-state index < -0.39 is 17.9 Å². The Kier molecular flexibility index (Phi) is 5.86. The summed E-state index contributed by atoms with van der Waals surface area (Å²) in [6.45, 7) is 1.97. The quantitative estimate of drug-likeness (QED) is 0.601. The lowest BCUT2D eigenvalue weighted by atomic mass is 9.81. The fourth-order valence-corrected chi connectivity index (χ4v) is 4.87. The Hall–Kier alpha value is -3.45. The molecule has 6 nitrogen and oxygen atoms in total. The van der Waals surface area contributed by atoms with Crippen LogP contribution in [0, 0.1) is 0 Å². The first-order valence-corrected chi connectivity index (χ1v) is 10.9. The Morgan fingerprint density at radius 2 is 1.81 bits per heavy atom. The van der Waals surface area contributed by atoms with Gasteiger partial charge in [0.05, 0.1) is 29.8 Å². The number of fused-ring (bicyclic) bond motifs is 1. The van der Waals surface area contributed by atoms with Crippen LogP contribution in [0.15, 0.2) is 66.0 Å². The largest absolute Gasteiger partial charge is 0.462 e. The van der Waals surface area contributed by atoms with E-state index in [1.807, 2.05) is 29.6 Å². The minimum atomic E-state index is -0.632. The van der Waals surface area contributed by atoms with E-state index >= 15 is 0 Å². The molecule has 0 bridgehead atoms. The lowest BCUT2D eigenvalue weighted by Crippen LogP contribution is -2.43. The van der Waals surface area contributed by atoms with Crippen LogP contribution in [0.5, 0.6) is 0 Å². The van der Waals surface area contributed by atoms with E-state index in [-0.39, 0.29) is 18.4 Å². The number of nitrogens with one attached hydrogen (secondary N) is 1. The summed E-state index contributed by atoms with van der Waals surface area (Å²) in [5.41, 5.74) is 1.86. The monoisotopic (exact) mass is 434 g/mol. The first kappa shape index (κ1) is 20.8. The van der Waals surface area contributed by atoms with Crippen molar-refractivity contribution in [1.29, 1.82) is 0 Å². The third kappa shape index (κ3) is 3.84. The number of carbonyl (C=O) groups is 3. The van der Waals surface area contributed by atoms with Crippen molar-refractivity contribution in [2.24, 2.45) is 0 Å². The van der Waals surface area contributed by atoms with Gasteiger partial charge in [0.25, 0.3) is 5.91 Å². The highest BCUT2D eigenvalue weighted by Gasteiger charge is 2.43. The summed E-state index contributed by atoms with van der Waals surface area (Å²) in [6, 6.07) is 17.3. The molecule has 2 heterocycles. The smallest absolute Gasteiger partial charge is 0.340 e. The second kappa shape index (κ2) is 8.73. The molecule has 4 rings (SSSR count). The van der Waals surface area contributed by atoms with Gasteiger partial charge in [-0.05, 0) is 42.1 Å². The maximum atomic E-state index is 13.6. The number of ether oxygens (including phenoxy) is 1. The molecule has 0 saturated carbocycles. The summed E-state index contributed by atoms with van der Waals surface area (Å²) >= 11 is 1.50. The van der Waals surface area contributed by atoms with Crippen molar-refractivity contribution in [1.82, 2.24) is 4.90 Å². The van der Waals surface area contributed by atoms with Gasteiger partial charge < -0.3 is 15.0 Å². The molecule has 1 aliphatic heterocycles. The number of para-hydroxylation sites is 1. The highest BCUT2D eigenvalue weighted by molar-refractivity contribution is 7.10. The van der Waals surface area contributed by atoms with Gasteiger partial charge in [0.2, 0.25) is 5.91 Å². The number of likely N-dealkylation sites (N-methyl/N-ethyl adjacent to an activating group) is 1. The molecule has 31 heavy (non-hydrogen) atoms. The van der Waals surface area contributed by atoms with E-state index in [1.165, 1.54) is 11.3 Å². The number of benzene rings is 2. The summed E-state index contributed by atoms with van der Waals surface area (Å²) in [4.78, 5) is 41.5. The van der Waals surface area contributed by atoms with Crippen LogP contribution in [0.25, 0.3) is 0 Å². The number of esters is 1. The average Bonchev–Trinajstić information content (AvgIpc) is 3.31. The van der Waals surface area contributed by atoms with Crippen LogP contribution in [-0.4, -0.2) is 36.3 Å². The number of hydrogen-bond donors (Lipinski definition) is 1. The maximum absolute atomic E-state index is 13.6. The standard InChI is InChI=1S/C24H22N2O4S/c1-3-30-24(29)17-11-6-7-12-18(17)25-22(27)20-15-9-4-5-10-16(15)23(28)26(2)21(20)19-13-8-14-31-19/h4-14,20-21H,3H2,1-2H3,(H,25,27). The van der Waals surface area contributed by atoms with Crippen LogP contribution in [0.2, 0.25) is 0 Å². The van der Waals surface area contributed by atoms with E-state index in [0.29, 0.717) is 22.4 Å². The molecule has 2 aromatic carbocycles. The Morgan fingerprint density at radius 3 is 2.55 bits per heavy atom. The van der Waals surface area contributed by atoms with Crippen LogP contribution >= 0.6 is 11.3 Å². The normalized spacial score (nSPS) is 17.7. The van der Waals surface area contributed by atoms with Crippen molar-refractivity contribution in [3.8, 4) is 0 Å². The Morgan fingerprint density at radius 1 is 1.06 bits per heavy atom. The van der Waals surface area contributed by atoms with Gasteiger partial charge in [-0.15, -0.1) is 11.3 Å². The van der Waals surface area contributed by atoms with Crippen LogP contribution in [-0.2, 0) is 9.53 Å². The number of thiophene rings is 1. The van der Waals surface area contributed by atoms with Crippen LogP contribution < -0.4 is 5.32 Å². The van der Waals surface area contributed by atoms with Gasteiger partial charge >= 0.3 is 5.97 Å². The number of carbonyl (C=O) groups excluding carboxylic acids is 3. The molecule has 1 aliphatic rings. The zero-order chi connectivity index (χ0) is 22.0. The molecule has 158 valence electrons. The van der Waals surface area contributed by atoms with E-state index in [9.17, 15) is 14.4 Å². The SMILES string of the molecule is CCOC(=O)c1ccccc1NC(=O)C1c2ccccc2C(=O)N(C)C1c1cccs1. The second-order valence-corrected chi connectivity index (χ2v) is 8.18. The molecule has 1 N–H and O–H groups in total. The van der Waals surface area contributed by atoms with Crippen LogP contribution in [0.1, 0.15) is 50.0 Å². The fourth-order valence-electron chi connectivity index (χ4n) is 3.96. The van der Waals surface area contributed by atoms with Gasteiger partial charge in [-0.3, -0.25) is 9.59 Å². The molecule has 2 unspecified atom stereocenters. The third-order valence-electron chi connectivity index (χ3n) is 5.38. The van der Waals surface area contributed by atoms with E-state index in [2.05, 4.69) is 5.32 Å². The van der Waals surface area contributed by atoms with Gasteiger partial charge in [-0.1, -0.05) is 36.4 Å². The van der Waals surface area contributed by atoms with Crippen LogP contribution in [0.4, 0.5) is 5.69 Å². The molecule has 3 aromatic rings. The summed E-state index contributed by atoms with van der Waals surface area (Å²) in [6.07, 6.45) is 0. The van der Waals surface area contributed by atoms with E-state index in [1.54, 1.807) is 55.3 Å². The molecule has 0 fully saturated rings. The molecule has 2 atom stereocenters. The first-order chi connectivity index (χ1) is 15.0. The fraction of sp³-hybridized carbons (Fsp3) is 0.208. The predicted octanol–water partition coefficient (Wildman–Crippen LogP) is 4.47. The predicted molar refractivity (Wildman–Crippen MR) is 119 cm³/mol. The number of nitrogens with zero attached hydrogens (tertiary/aromatic N) is 1. The lowest BCUT2D eigenvalue weighted by Gasteiger charge is -2.39. The molecule has 1 aromatic heterocycles. The molecular formula is C24H22N2O4S. The minimum absolute atomic E-state index is 0.120. The average molecular weight is 435 g/mol. The van der Waals surface area contributed by atoms with Gasteiger partial charge in [-0.2, -0.15) is 0 Å². The van der Waals surface area contributed by atoms with Crippen molar-refractivity contribution >= 4 is 34.8 Å². The van der Waals surface area contributed by atoms with Crippen molar-refractivity contribution in [3.63, 3.8) is 0 Å². The molecule has 0 radical (unpaired) electrons.